The zero-order valence-corrected chi connectivity index (χ0v) is 15.9. The van der Waals surface area contributed by atoms with Crippen molar-refractivity contribution in [2.24, 2.45) is 5.92 Å². The Bertz CT molecular complexity index is 702. The highest BCUT2D eigenvalue weighted by molar-refractivity contribution is 7.85. The fraction of sp³-hybridized carbons (Fsp3) is 0.611. The highest BCUT2D eigenvalue weighted by Crippen LogP contribution is 2.22. The maximum atomic E-state index is 12.0. The van der Waals surface area contributed by atoms with E-state index in [1.165, 1.54) is 5.56 Å². The molecule has 8 heteroatoms. The average molecular weight is 382 g/mol. The summed E-state index contributed by atoms with van der Waals surface area (Å²) in [6, 6.07) is 10.4. The lowest BCUT2D eigenvalue weighted by Gasteiger charge is -2.33. The number of piperidine rings is 1. The predicted molar refractivity (Wildman–Crippen MR) is 97.1 cm³/mol. The molecular weight excluding hydrogens is 356 g/mol. The zero-order chi connectivity index (χ0) is 18.6. The van der Waals surface area contributed by atoms with E-state index in [-0.39, 0.29) is 12.7 Å². The van der Waals surface area contributed by atoms with Crippen molar-refractivity contribution >= 4 is 16.2 Å². The Morgan fingerprint density at radius 3 is 2.54 bits per heavy atom. The number of hydrogen-bond donors (Lipinski definition) is 0. The van der Waals surface area contributed by atoms with Crippen LogP contribution >= 0.6 is 0 Å². The normalized spacial score (nSPS) is 22.6. The number of nitrogens with zero attached hydrogens (tertiary/aromatic N) is 2. The maximum absolute atomic E-state index is 12.0. The van der Waals surface area contributed by atoms with Crippen molar-refractivity contribution in [1.82, 2.24) is 9.80 Å². The van der Waals surface area contributed by atoms with E-state index in [1.54, 1.807) is 4.90 Å². The summed E-state index contributed by atoms with van der Waals surface area (Å²) in [5.41, 5.74) is 1.32. The summed E-state index contributed by atoms with van der Waals surface area (Å²) < 4.78 is 32.0. The molecule has 0 saturated carbocycles. The SMILES string of the molecule is CS(=O)(=O)OCC1CN(CC2CCN(Cc3ccccc3)CC2)C(=O)O1. The quantitative estimate of drug-likeness (QED) is 0.668. The molecule has 0 spiro atoms. The molecule has 0 aliphatic carbocycles. The van der Waals surface area contributed by atoms with E-state index in [4.69, 9.17) is 8.92 Å². The molecule has 1 amide bonds. The maximum Gasteiger partial charge on any atom is 0.410 e. The third-order valence-electron chi connectivity index (χ3n) is 4.85. The van der Waals surface area contributed by atoms with Crippen molar-refractivity contribution in [3.63, 3.8) is 0 Å². The van der Waals surface area contributed by atoms with E-state index in [0.717, 1.165) is 38.7 Å². The van der Waals surface area contributed by atoms with Gasteiger partial charge < -0.3 is 9.64 Å². The number of benzene rings is 1. The molecule has 1 aromatic rings. The molecule has 0 radical (unpaired) electrons. The molecule has 144 valence electrons. The van der Waals surface area contributed by atoms with E-state index in [0.29, 0.717) is 19.0 Å². The molecule has 2 heterocycles. The van der Waals surface area contributed by atoms with Crippen molar-refractivity contribution in [2.45, 2.75) is 25.5 Å². The number of cyclic esters (lactones) is 1. The van der Waals surface area contributed by atoms with E-state index in [2.05, 4.69) is 29.2 Å². The van der Waals surface area contributed by atoms with Gasteiger partial charge >= 0.3 is 6.09 Å². The van der Waals surface area contributed by atoms with Crippen molar-refractivity contribution in [3.8, 4) is 0 Å². The van der Waals surface area contributed by atoms with Gasteiger partial charge in [-0.1, -0.05) is 30.3 Å². The second-order valence-corrected chi connectivity index (χ2v) is 8.75. The van der Waals surface area contributed by atoms with Crippen molar-refractivity contribution < 1.29 is 22.1 Å². The Balaban J connectivity index is 1.41. The number of carbonyl (C=O) groups is 1. The minimum Gasteiger partial charge on any atom is -0.442 e. The highest BCUT2D eigenvalue weighted by Gasteiger charge is 2.34. The first-order valence-corrected chi connectivity index (χ1v) is 10.8. The topological polar surface area (TPSA) is 76.2 Å². The number of rotatable bonds is 7. The predicted octanol–water partition coefficient (Wildman–Crippen LogP) is 1.70. The monoisotopic (exact) mass is 382 g/mol. The van der Waals surface area contributed by atoms with Gasteiger partial charge in [-0.05, 0) is 37.4 Å². The lowest BCUT2D eigenvalue weighted by molar-refractivity contribution is 0.103. The van der Waals surface area contributed by atoms with Crippen LogP contribution < -0.4 is 0 Å². The van der Waals surface area contributed by atoms with Crippen LogP contribution in [-0.2, 0) is 25.6 Å². The molecule has 0 bridgehead atoms. The lowest BCUT2D eigenvalue weighted by atomic mass is 9.96. The first-order valence-electron chi connectivity index (χ1n) is 8.95. The van der Waals surface area contributed by atoms with Crippen LogP contribution in [0.4, 0.5) is 4.79 Å². The van der Waals surface area contributed by atoms with Gasteiger partial charge in [0.25, 0.3) is 10.1 Å². The van der Waals surface area contributed by atoms with Crippen LogP contribution in [0.1, 0.15) is 18.4 Å². The Morgan fingerprint density at radius 2 is 1.88 bits per heavy atom. The van der Waals surface area contributed by atoms with Crippen molar-refractivity contribution in [2.75, 3.05) is 39.0 Å². The smallest absolute Gasteiger partial charge is 0.410 e. The van der Waals surface area contributed by atoms with E-state index < -0.39 is 16.2 Å². The molecule has 1 unspecified atom stereocenters. The van der Waals surface area contributed by atoms with Crippen LogP contribution in [0.2, 0.25) is 0 Å². The van der Waals surface area contributed by atoms with Gasteiger partial charge in [0.15, 0.2) is 0 Å². The van der Waals surface area contributed by atoms with Crippen LogP contribution in [0.3, 0.4) is 0 Å². The summed E-state index contributed by atoms with van der Waals surface area (Å²) in [7, 11) is -3.52. The fourth-order valence-electron chi connectivity index (χ4n) is 3.49. The standard InChI is InChI=1S/C18H26N2O5S/c1-26(22,23)24-14-17-13-20(18(21)25-17)12-16-7-9-19(10-8-16)11-15-5-3-2-4-6-15/h2-6,16-17H,7-14H2,1H3. The second kappa shape index (κ2) is 8.37. The number of carbonyl (C=O) groups excluding carboxylic acids is 1. The number of amides is 1. The van der Waals surface area contributed by atoms with Gasteiger partial charge in [0.1, 0.15) is 12.7 Å². The van der Waals surface area contributed by atoms with Crippen molar-refractivity contribution in [3.05, 3.63) is 35.9 Å². The van der Waals surface area contributed by atoms with Gasteiger partial charge in [-0.15, -0.1) is 0 Å². The summed E-state index contributed by atoms with van der Waals surface area (Å²) >= 11 is 0. The molecule has 7 nitrogen and oxygen atoms in total. The summed E-state index contributed by atoms with van der Waals surface area (Å²) in [5, 5.41) is 0. The molecule has 0 aromatic heterocycles. The van der Waals surface area contributed by atoms with Crippen LogP contribution in [0.25, 0.3) is 0 Å². The van der Waals surface area contributed by atoms with Crippen LogP contribution in [0.15, 0.2) is 30.3 Å². The molecule has 3 rings (SSSR count). The van der Waals surface area contributed by atoms with Gasteiger partial charge in [-0.25, -0.2) is 4.79 Å². The van der Waals surface area contributed by atoms with Crippen molar-refractivity contribution in [1.29, 1.82) is 0 Å². The third kappa shape index (κ3) is 5.69. The molecule has 0 N–H and O–H groups in total. The summed E-state index contributed by atoms with van der Waals surface area (Å²) in [6.07, 6.45) is 2.18. The third-order valence-corrected chi connectivity index (χ3v) is 5.42. The fourth-order valence-corrected chi connectivity index (χ4v) is 3.89. The number of likely N-dealkylation sites (tertiary alicyclic amines) is 1. The molecule has 1 aromatic carbocycles. The Hall–Kier alpha value is -1.64. The van der Waals surface area contributed by atoms with E-state index >= 15 is 0 Å². The summed E-state index contributed by atoms with van der Waals surface area (Å²) in [5.74, 6) is 0.448. The minimum atomic E-state index is -3.52. The number of hydrogen-bond acceptors (Lipinski definition) is 6. The molecule has 2 fully saturated rings. The van der Waals surface area contributed by atoms with Gasteiger partial charge in [0.2, 0.25) is 0 Å². The average Bonchev–Trinajstić information content (AvgIpc) is 2.95. The van der Waals surface area contributed by atoms with Gasteiger partial charge in [-0.2, -0.15) is 8.42 Å². The number of ether oxygens (including phenoxy) is 1. The largest absolute Gasteiger partial charge is 0.442 e. The molecule has 2 saturated heterocycles. The molecule has 2 aliphatic heterocycles. The van der Waals surface area contributed by atoms with E-state index in [1.807, 2.05) is 6.07 Å². The Kier molecular flexibility index (Phi) is 6.16. The van der Waals surface area contributed by atoms with Gasteiger partial charge in [0, 0.05) is 13.1 Å². The summed E-state index contributed by atoms with van der Waals surface area (Å²) in [4.78, 5) is 16.1. The second-order valence-electron chi connectivity index (χ2n) is 7.10. The van der Waals surface area contributed by atoms with E-state index in [9.17, 15) is 13.2 Å². The summed E-state index contributed by atoms with van der Waals surface area (Å²) in [6.45, 7) is 3.93. The zero-order valence-electron chi connectivity index (χ0n) is 15.0. The highest BCUT2D eigenvalue weighted by atomic mass is 32.2. The van der Waals surface area contributed by atoms with Crippen LogP contribution in [0.5, 0.6) is 0 Å². The molecule has 26 heavy (non-hydrogen) atoms. The minimum absolute atomic E-state index is 0.114. The molecular formula is C18H26N2O5S. The Labute approximate surface area is 155 Å². The van der Waals surface area contributed by atoms with Crippen LogP contribution in [0, 0.1) is 5.92 Å². The molecule has 1 atom stereocenters. The first-order chi connectivity index (χ1) is 12.4. The first kappa shape index (κ1) is 19.1. The van der Waals surface area contributed by atoms with Crippen LogP contribution in [-0.4, -0.2) is 69.5 Å². The molecule has 2 aliphatic rings. The van der Waals surface area contributed by atoms with Gasteiger partial charge in [0.05, 0.1) is 12.8 Å². The Morgan fingerprint density at radius 1 is 1.19 bits per heavy atom. The van der Waals surface area contributed by atoms with Gasteiger partial charge in [-0.3, -0.25) is 9.08 Å². The lowest BCUT2D eigenvalue weighted by Crippen LogP contribution is -2.39.